The van der Waals surface area contributed by atoms with Crippen molar-refractivity contribution in [2.75, 3.05) is 0 Å². The summed E-state index contributed by atoms with van der Waals surface area (Å²) in [6, 6.07) is -2.32. The zero-order valence-corrected chi connectivity index (χ0v) is 5.98. The molecule has 0 bridgehead atoms. The van der Waals surface area contributed by atoms with E-state index in [1.165, 1.54) is 0 Å². The molecule has 1 aliphatic carbocycles. The Labute approximate surface area is 69.5 Å². The lowest BCUT2D eigenvalue weighted by atomic mass is 10.0. The quantitative estimate of drug-likeness (QED) is 0.468. The summed E-state index contributed by atoms with van der Waals surface area (Å²) in [6.45, 7) is 0. The van der Waals surface area contributed by atoms with Crippen LogP contribution in [0.1, 0.15) is 0 Å². The molecule has 0 N–H and O–H groups in total. The Morgan fingerprint density at radius 1 is 1.38 bits per heavy atom. The Morgan fingerprint density at radius 3 is 2.38 bits per heavy atom. The van der Waals surface area contributed by atoms with Gasteiger partial charge in [-0.3, -0.25) is 9.59 Å². The van der Waals surface area contributed by atoms with Crippen LogP contribution in [-0.2, 0) is 9.59 Å². The van der Waals surface area contributed by atoms with Crippen LogP contribution in [0.15, 0.2) is 23.3 Å². The van der Waals surface area contributed by atoms with E-state index in [2.05, 4.69) is 0 Å². The number of alkyl halides is 1. The Hall–Kier alpha value is -1.46. The average molecular weight is 194 g/mol. The van der Waals surface area contributed by atoms with Gasteiger partial charge in [-0.1, -0.05) is 0 Å². The van der Waals surface area contributed by atoms with E-state index >= 15 is 0 Å². The molecule has 0 aromatic rings. The number of allylic oxidation sites excluding steroid dienone is 4. The first-order valence-corrected chi connectivity index (χ1v) is 3.10. The van der Waals surface area contributed by atoms with E-state index in [1.807, 2.05) is 0 Å². The fraction of sp³-hybridized carbons (Fsp3) is 0.143. The smallest absolute Gasteiger partial charge is 0.288 e. The summed E-state index contributed by atoms with van der Waals surface area (Å²) in [4.78, 5) is 20.3. The molecule has 2 nitrogen and oxygen atoms in total. The standard InChI is InChI=1S/C7H2F4O2/c8-3-1-2(7(11)13)4(9)5(10)6(3)12/h1,5H/t5-/m1/s1. The highest BCUT2D eigenvalue weighted by atomic mass is 19.2. The van der Waals surface area contributed by atoms with Crippen LogP contribution in [0, 0.1) is 0 Å². The molecule has 0 amide bonds. The number of halogens is 4. The second-order valence-corrected chi connectivity index (χ2v) is 2.25. The maximum Gasteiger partial charge on any atom is 0.334 e. The molecule has 0 saturated carbocycles. The summed E-state index contributed by atoms with van der Waals surface area (Å²) in [6.07, 6.45) is -2.88. The minimum absolute atomic E-state index is 0.0378. The van der Waals surface area contributed by atoms with E-state index < -0.39 is 35.2 Å². The first-order chi connectivity index (χ1) is 5.95. The van der Waals surface area contributed by atoms with Crippen molar-refractivity contribution < 1.29 is 27.2 Å². The van der Waals surface area contributed by atoms with Crippen LogP contribution < -0.4 is 0 Å². The van der Waals surface area contributed by atoms with E-state index in [-0.39, 0.29) is 6.08 Å². The van der Waals surface area contributed by atoms with Gasteiger partial charge in [-0.2, -0.15) is 4.39 Å². The highest BCUT2D eigenvalue weighted by Crippen LogP contribution is 2.26. The van der Waals surface area contributed by atoms with Crippen LogP contribution in [0.4, 0.5) is 17.6 Å². The monoisotopic (exact) mass is 194 g/mol. The molecule has 1 atom stereocenters. The summed E-state index contributed by atoms with van der Waals surface area (Å²) in [5, 5.41) is 0. The van der Waals surface area contributed by atoms with E-state index in [4.69, 9.17) is 0 Å². The van der Waals surface area contributed by atoms with Crippen LogP contribution in [0.3, 0.4) is 0 Å². The number of hydrogen-bond acceptors (Lipinski definition) is 2. The predicted octanol–water partition coefficient (Wildman–Crippen LogP) is 1.48. The summed E-state index contributed by atoms with van der Waals surface area (Å²) >= 11 is 0. The Balaban J connectivity index is 3.23. The van der Waals surface area contributed by atoms with Gasteiger partial charge in [-0.05, 0) is 6.08 Å². The van der Waals surface area contributed by atoms with Crippen molar-refractivity contribution in [2.45, 2.75) is 6.17 Å². The molecule has 1 rings (SSSR count). The van der Waals surface area contributed by atoms with Crippen molar-refractivity contribution in [3.63, 3.8) is 0 Å². The van der Waals surface area contributed by atoms with Crippen LogP contribution in [0.2, 0.25) is 0 Å². The van der Waals surface area contributed by atoms with Crippen molar-refractivity contribution in [2.24, 2.45) is 0 Å². The van der Waals surface area contributed by atoms with Crippen molar-refractivity contribution in [3.8, 4) is 0 Å². The van der Waals surface area contributed by atoms with E-state index in [0.717, 1.165) is 0 Å². The lowest BCUT2D eigenvalue weighted by Gasteiger charge is -2.09. The van der Waals surface area contributed by atoms with Gasteiger partial charge in [0.05, 0.1) is 5.57 Å². The third-order valence-electron chi connectivity index (χ3n) is 1.43. The molecule has 70 valence electrons. The largest absolute Gasteiger partial charge is 0.334 e. The Bertz CT molecular complexity index is 342. The van der Waals surface area contributed by atoms with Gasteiger partial charge in [0.25, 0.3) is 0 Å². The van der Waals surface area contributed by atoms with E-state index in [0.29, 0.717) is 0 Å². The highest BCUT2D eigenvalue weighted by molar-refractivity contribution is 6.05. The molecule has 0 aliphatic heterocycles. The summed E-state index contributed by atoms with van der Waals surface area (Å²) in [7, 11) is 0. The van der Waals surface area contributed by atoms with Gasteiger partial charge in [-0.25, -0.2) is 13.2 Å². The van der Waals surface area contributed by atoms with Crippen molar-refractivity contribution in [1.82, 2.24) is 0 Å². The summed E-state index contributed by atoms with van der Waals surface area (Å²) in [5.74, 6) is -5.31. The molecule has 13 heavy (non-hydrogen) atoms. The number of hydrogen-bond donors (Lipinski definition) is 0. The number of rotatable bonds is 1. The molecular formula is C7H2F4O2. The SMILES string of the molecule is O=C(F)C1=C(F)[C@@H](F)C(=O)C(F)=C1. The Morgan fingerprint density at radius 2 is 1.92 bits per heavy atom. The maximum absolute atomic E-state index is 12.5. The van der Waals surface area contributed by atoms with Crippen molar-refractivity contribution in [3.05, 3.63) is 23.3 Å². The summed E-state index contributed by atoms with van der Waals surface area (Å²) in [5.41, 5.74) is -1.38. The zero-order chi connectivity index (χ0) is 10.2. The molecule has 6 heteroatoms. The van der Waals surface area contributed by atoms with E-state index in [9.17, 15) is 27.2 Å². The van der Waals surface area contributed by atoms with Gasteiger partial charge in [0.2, 0.25) is 12.0 Å². The van der Waals surface area contributed by atoms with Gasteiger partial charge in [0.1, 0.15) is 0 Å². The van der Waals surface area contributed by atoms with Gasteiger partial charge in [-0.15, -0.1) is 0 Å². The van der Waals surface area contributed by atoms with Gasteiger partial charge in [0, 0.05) is 0 Å². The lowest BCUT2D eigenvalue weighted by Crippen LogP contribution is -2.23. The number of Topliss-reactive ketones (excluding diaryl/α,β-unsaturated/α-hetero) is 1. The molecule has 0 aromatic heterocycles. The first kappa shape index (κ1) is 9.63. The van der Waals surface area contributed by atoms with Crippen molar-refractivity contribution in [1.29, 1.82) is 0 Å². The third-order valence-corrected chi connectivity index (χ3v) is 1.43. The molecule has 0 aromatic carbocycles. The van der Waals surface area contributed by atoms with Gasteiger partial charge >= 0.3 is 6.04 Å². The number of carbonyl (C=O) groups is 2. The van der Waals surface area contributed by atoms with Crippen LogP contribution in [-0.4, -0.2) is 18.0 Å². The minimum atomic E-state index is -2.92. The number of ketones is 1. The second kappa shape index (κ2) is 3.12. The minimum Gasteiger partial charge on any atom is -0.288 e. The predicted molar refractivity (Wildman–Crippen MR) is 33.3 cm³/mol. The zero-order valence-electron chi connectivity index (χ0n) is 5.98. The molecular weight excluding hydrogens is 192 g/mol. The van der Waals surface area contributed by atoms with Crippen LogP contribution in [0.5, 0.6) is 0 Å². The number of carbonyl (C=O) groups excluding carboxylic acids is 2. The lowest BCUT2D eigenvalue weighted by molar-refractivity contribution is -0.125. The molecule has 0 fully saturated rings. The fourth-order valence-electron chi connectivity index (χ4n) is 0.790. The highest BCUT2D eigenvalue weighted by Gasteiger charge is 2.35. The van der Waals surface area contributed by atoms with Gasteiger partial charge < -0.3 is 0 Å². The molecule has 0 radical (unpaired) electrons. The average Bonchev–Trinajstić information content (AvgIpc) is 2.07. The first-order valence-electron chi connectivity index (χ1n) is 3.10. The van der Waals surface area contributed by atoms with Crippen LogP contribution in [0.25, 0.3) is 0 Å². The molecule has 0 saturated heterocycles. The summed E-state index contributed by atoms with van der Waals surface area (Å²) < 4.78 is 49.2. The van der Waals surface area contributed by atoms with Crippen molar-refractivity contribution >= 4 is 11.8 Å². The normalized spacial score (nSPS) is 23.2. The fourth-order valence-corrected chi connectivity index (χ4v) is 0.790. The van der Waals surface area contributed by atoms with Crippen LogP contribution >= 0.6 is 0 Å². The third kappa shape index (κ3) is 1.51. The molecule has 1 aliphatic rings. The molecule has 0 spiro atoms. The molecule has 0 heterocycles. The molecule has 0 unspecified atom stereocenters. The van der Waals surface area contributed by atoms with E-state index in [1.54, 1.807) is 0 Å². The second-order valence-electron chi connectivity index (χ2n) is 2.25. The maximum atomic E-state index is 12.5. The Kier molecular flexibility index (Phi) is 2.31. The van der Waals surface area contributed by atoms with Gasteiger partial charge in [0.15, 0.2) is 11.7 Å². The topological polar surface area (TPSA) is 34.1 Å².